The maximum absolute atomic E-state index is 11.2. The summed E-state index contributed by atoms with van der Waals surface area (Å²) in [5, 5.41) is 0. The summed E-state index contributed by atoms with van der Waals surface area (Å²) in [6, 6.07) is 5.42. The van der Waals surface area contributed by atoms with Crippen LogP contribution in [0.2, 0.25) is 0 Å². The monoisotopic (exact) mass is 319 g/mol. The molecule has 0 aliphatic carbocycles. The molecule has 1 unspecified atom stereocenters. The lowest BCUT2D eigenvalue weighted by Gasteiger charge is -2.10. The summed E-state index contributed by atoms with van der Waals surface area (Å²) in [5.74, 6) is 0.985. The minimum absolute atomic E-state index is 0.285. The van der Waals surface area contributed by atoms with Crippen molar-refractivity contribution in [2.75, 3.05) is 25.7 Å². The van der Waals surface area contributed by atoms with Gasteiger partial charge in [-0.1, -0.05) is 15.9 Å². The minimum Gasteiger partial charge on any atom is -0.496 e. The van der Waals surface area contributed by atoms with E-state index in [0.717, 1.165) is 4.90 Å². The van der Waals surface area contributed by atoms with Crippen molar-refractivity contribution in [1.29, 1.82) is 0 Å². The van der Waals surface area contributed by atoms with Crippen LogP contribution in [0.25, 0.3) is 0 Å². The number of benzene rings is 1. The second kappa shape index (κ2) is 6.76. The standard InChI is InChI=1S/C11H14BrNO3S/c1-15-9-5-7(13)3-4-10(9)17-6-8(12)11(14)16-2/h3-5,8H,6,13H2,1-2H3. The molecule has 1 rings (SSSR count). The molecule has 0 radical (unpaired) electrons. The van der Waals surface area contributed by atoms with Crippen molar-refractivity contribution in [1.82, 2.24) is 0 Å². The highest BCUT2D eigenvalue weighted by Gasteiger charge is 2.16. The van der Waals surface area contributed by atoms with E-state index in [9.17, 15) is 4.79 Å². The highest BCUT2D eigenvalue weighted by molar-refractivity contribution is 9.10. The minimum atomic E-state index is -0.334. The Morgan fingerprint density at radius 2 is 2.24 bits per heavy atom. The van der Waals surface area contributed by atoms with Crippen LogP contribution in [-0.2, 0) is 9.53 Å². The van der Waals surface area contributed by atoms with E-state index < -0.39 is 0 Å². The second-order valence-electron chi connectivity index (χ2n) is 3.21. The number of nitrogens with two attached hydrogens (primary N) is 1. The zero-order chi connectivity index (χ0) is 12.8. The van der Waals surface area contributed by atoms with Gasteiger partial charge in [-0.2, -0.15) is 0 Å². The number of nitrogen functional groups attached to an aromatic ring is 1. The molecule has 6 heteroatoms. The van der Waals surface area contributed by atoms with Crippen molar-refractivity contribution in [3.05, 3.63) is 18.2 Å². The van der Waals surface area contributed by atoms with Gasteiger partial charge in [0.05, 0.1) is 14.2 Å². The molecule has 0 amide bonds. The van der Waals surface area contributed by atoms with Crippen LogP contribution in [-0.4, -0.2) is 30.8 Å². The molecule has 0 aromatic heterocycles. The molecule has 17 heavy (non-hydrogen) atoms. The zero-order valence-corrected chi connectivity index (χ0v) is 12.0. The van der Waals surface area contributed by atoms with Gasteiger partial charge in [-0.15, -0.1) is 11.8 Å². The summed E-state index contributed by atoms with van der Waals surface area (Å²) in [4.78, 5) is 11.8. The van der Waals surface area contributed by atoms with E-state index in [2.05, 4.69) is 20.7 Å². The van der Waals surface area contributed by atoms with Crippen LogP contribution in [0, 0.1) is 0 Å². The van der Waals surface area contributed by atoms with Gasteiger partial charge < -0.3 is 15.2 Å². The Labute approximate surface area is 113 Å². The van der Waals surface area contributed by atoms with Crippen LogP contribution in [0.3, 0.4) is 0 Å². The SMILES string of the molecule is COC(=O)C(Br)CSc1ccc(N)cc1OC. The predicted molar refractivity (Wildman–Crippen MR) is 72.9 cm³/mol. The predicted octanol–water partition coefficient (Wildman–Crippen LogP) is 2.31. The highest BCUT2D eigenvalue weighted by atomic mass is 79.9. The molecule has 0 saturated heterocycles. The van der Waals surface area contributed by atoms with E-state index >= 15 is 0 Å². The molecule has 1 aromatic carbocycles. The van der Waals surface area contributed by atoms with Crippen molar-refractivity contribution in [2.45, 2.75) is 9.72 Å². The average molecular weight is 320 g/mol. The third-order valence-corrected chi connectivity index (χ3v) is 4.30. The van der Waals surface area contributed by atoms with E-state index in [-0.39, 0.29) is 10.8 Å². The van der Waals surface area contributed by atoms with Crippen LogP contribution in [0.5, 0.6) is 5.75 Å². The van der Waals surface area contributed by atoms with Crippen LogP contribution in [0.1, 0.15) is 0 Å². The molecule has 1 aromatic rings. The fourth-order valence-electron chi connectivity index (χ4n) is 1.16. The average Bonchev–Trinajstić information content (AvgIpc) is 2.35. The molecule has 0 aliphatic rings. The van der Waals surface area contributed by atoms with Crippen LogP contribution >= 0.6 is 27.7 Å². The van der Waals surface area contributed by atoms with Gasteiger partial charge in [0.25, 0.3) is 0 Å². The Morgan fingerprint density at radius 1 is 1.53 bits per heavy atom. The number of hydrogen-bond donors (Lipinski definition) is 1. The second-order valence-corrected chi connectivity index (χ2v) is 5.38. The van der Waals surface area contributed by atoms with E-state index in [4.69, 9.17) is 10.5 Å². The van der Waals surface area contributed by atoms with Crippen molar-refractivity contribution < 1.29 is 14.3 Å². The smallest absolute Gasteiger partial charge is 0.320 e. The summed E-state index contributed by atoms with van der Waals surface area (Å²) in [6.07, 6.45) is 0. The van der Waals surface area contributed by atoms with E-state index in [0.29, 0.717) is 17.2 Å². The number of anilines is 1. The quantitative estimate of drug-likeness (QED) is 0.390. The molecule has 0 fully saturated rings. The Kier molecular flexibility index (Phi) is 5.64. The van der Waals surface area contributed by atoms with Crippen molar-refractivity contribution in [2.24, 2.45) is 0 Å². The van der Waals surface area contributed by atoms with Gasteiger partial charge >= 0.3 is 5.97 Å². The Balaban J connectivity index is 2.66. The molecule has 4 nitrogen and oxygen atoms in total. The number of esters is 1. The first-order valence-electron chi connectivity index (χ1n) is 4.86. The van der Waals surface area contributed by atoms with Gasteiger partial charge in [0.2, 0.25) is 0 Å². The lowest BCUT2D eigenvalue weighted by molar-refractivity contribution is -0.139. The van der Waals surface area contributed by atoms with Gasteiger partial charge in [0, 0.05) is 22.4 Å². The van der Waals surface area contributed by atoms with Gasteiger partial charge in [0.1, 0.15) is 10.6 Å². The maximum Gasteiger partial charge on any atom is 0.320 e. The van der Waals surface area contributed by atoms with Crippen molar-refractivity contribution >= 4 is 39.3 Å². The van der Waals surface area contributed by atoms with Gasteiger partial charge in [-0.05, 0) is 12.1 Å². The van der Waals surface area contributed by atoms with Gasteiger partial charge in [0.15, 0.2) is 0 Å². The lowest BCUT2D eigenvalue weighted by Crippen LogP contribution is -2.17. The number of alkyl halides is 1. The van der Waals surface area contributed by atoms with E-state index in [1.807, 2.05) is 6.07 Å². The Hall–Kier alpha value is -0.880. The summed E-state index contributed by atoms with van der Waals surface area (Å²) in [6.45, 7) is 0. The third-order valence-electron chi connectivity index (χ3n) is 2.03. The molecule has 1 atom stereocenters. The van der Waals surface area contributed by atoms with Crippen molar-refractivity contribution in [3.8, 4) is 5.75 Å². The molecule has 0 aliphatic heterocycles. The zero-order valence-electron chi connectivity index (χ0n) is 9.60. The number of halogens is 1. The molecule has 0 heterocycles. The van der Waals surface area contributed by atoms with E-state index in [1.54, 1.807) is 19.2 Å². The fourth-order valence-corrected chi connectivity index (χ4v) is 2.66. The van der Waals surface area contributed by atoms with Crippen LogP contribution in [0.4, 0.5) is 5.69 Å². The molecule has 0 spiro atoms. The largest absolute Gasteiger partial charge is 0.496 e. The molecular weight excluding hydrogens is 306 g/mol. The van der Waals surface area contributed by atoms with Gasteiger partial charge in [-0.25, -0.2) is 0 Å². The van der Waals surface area contributed by atoms with Crippen LogP contribution in [0.15, 0.2) is 23.1 Å². The lowest BCUT2D eigenvalue weighted by atomic mass is 10.3. The number of ether oxygens (including phenoxy) is 2. The number of hydrogen-bond acceptors (Lipinski definition) is 5. The van der Waals surface area contributed by atoms with Crippen LogP contribution < -0.4 is 10.5 Å². The molecule has 2 N–H and O–H groups in total. The molecule has 0 bridgehead atoms. The number of thioether (sulfide) groups is 1. The number of rotatable bonds is 5. The summed E-state index contributed by atoms with van der Waals surface area (Å²) < 4.78 is 9.84. The Bertz CT molecular complexity index is 400. The molecule has 0 saturated carbocycles. The molecule has 94 valence electrons. The number of carbonyl (C=O) groups is 1. The third kappa shape index (κ3) is 4.12. The van der Waals surface area contributed by atoms with E-state index in [1.165, 1.54) is 18.9 Å². The maximum atomic E-state index is 11.2. The van der Waals surface area contributed by atoms with Crippen molar-refractivity contribution in [3.63, 3.8) is 0 Å². The number of methoxy groups -OCH3 is 2. The normalized spacial score (nSPS) is 11.9. The molecular formula is C11H14BrNO3S. The first-order valence-corrected chi connectivity index (χ1v) is 6.76. The summed E-state index contributed by atoms with van der Waals surface area (Å²) in [5.41, 5.74) is 6.30. The first kappa shape index (κ1) is 14.2. The number of carbonyl (C=O) groups excluding carboxylic acids is 1. The fraction of sp³-hybridized carbons (Fsp3) is 0.364. The summed E-state index contributed by atoms with van der Waals surface area (Å²) in [7, 11) is 2.95. The Morgan fingerprint density at radius 3 is 2.82 bits per heavy atom. The van der Waals surface area contributed by atoms with Gasteiger partial charge in [-0.3, -0.25) is 4.79 Å². The topological polar surface area (TPSA) is 61.5 Å². The first-order chi connectivity index (χ1) is 8.08. The summed E-state index contributed by atoms with van der Waals surface area (Å²) >= 11 is 4.76. The highest BCUT2D eigenvalue weighted by Crippen LogP contribution is 2.32.